The molecule has 32 heavy (non-hydrogen) atoms. The van der Waals surface area contributed by atoms with Crippen molar-refractivity contribution in [2.75, 3.05) is 0 Å². The molecule has 5 rings (SSSR count). The zero-order chi connectivity index (χ0) is 20.8. The smallest absolute Gasteiger partial charge is 0 e. The van der Waals surface area contributed by atoms with E-state index in [4.69, 9.17) is 0 Å². The van der Waals surface area contributed by atoms with Crippen LogP contribution in [0.5, 0.6) is 0 Å². The van der Waals surface area contributed by atoms with Gasteiger partial charge in [0.25, 0.3) is 0 Å². The summed E-state index contributed by atoms with van der Waals surface area (Å²) in [6.45, 7) is 7.44. The maximum absolute atomic E-state index is 3.72. The molecule has 0 fully saturated rings. The van der Waals surface area contributed by atoms with Crippen molar-refractivity contribution in [1.29, 1.82) is 0 Å². The second-order valence-electron chi connectivity index (χ2n) is 5.86. The van der Waals surface area contributed by atoms with Crippen molar-refractivity contribution < 1.29 is 58.4 Å². The monoisotopic (exact) mass is 686 g/mol. The summed E-state index contributed by atoms with van der Waals surface area (Å²) >= 11 is 0. The van der Waals surface area contributed by atoms with Crippen LogP contribution in [0.3, 0.4) is 0 Å². The molecule has 0 atom stereocenters. The molecular formula is C29H29Rh3-5. The largest absolute Gasteiger partial charge is 0.214 e. The molecule has 0 N–H and O–H groups in total. The van der Waals surface area contributed by atoms with Gasteiger partial charge >= 0.3 is 0 Å². The number of hydrogen-bond donors (Lipinski definition) is 0. The van der Waals surface area contributed by atoms with Gasteiger partial charge in [0.2, 0.25) is 0 Å². The Balaban J connectivity index is -0.000000324. The summed E-state index contributed by atoms with van der Waals surface area (Å²) in [6, 6.07) is 49.7. The fourth-order valence-corrected chi connectivity index (χ4v) is 1.92. The first-order valence-electron chi connectivity index (χ1n) is 9.53. The van der Waals surface area contributed by atoms with Gasteiger partial charge in [0.15, 0.2) is 0 Å². The second kappa shape index (κ2) is 27.1. The van der Waals surface area contributed by atoms with Crippen molar-refractivity contribution >= 4 is 0 Å². The van der Waals surface area contributed by atoms with Crippen molar-refractivity contribution in [1.82, 2.24) is 0 Å². The zero-order valence-electron chi connectivity index (χ0n) is 17.8. The van der Waals surface area contributed by atoms with Gasteiger partial charge in [-0.05, 0) is 0 Å². The summed E-state index contributed by atoms with van der Waals surface area (Å²) in [5.74, 6) is 0. The summed E-state index contributed by atoms with van der Waals surface area (Å²) in [4.78, 5) is 0. The van der Waals surface area contributed by atoms with Gasteiger partial charge in [0, 0.05) is 58.4 Å². The molecular weight excluding hydrogens is 657 g/mol. The van der Waals surface area contributed by atoms with Crippen LogP contribution < -0.4 is 0 Å². The topological polar surface area (TPSA) is 0 Å². The summed E-state index contributed by atoms with van der Waals surface area (Å²) in [7, 11) is 0. The maximum Gasteiger partial charge on any atom is 0 e. The Morgan fingerprint density at radius 3 is 0.656 bits per heavy atom. The predicted molar refractivity (Wildman–Crippen MR) is 128 cm³/mol. The minimum absolute atomic E-state index is 0. The first-order valence-corrected chi connectivity index (χ1v) is 9.53. The molecule has 0 nitrogen and oxygen atoms in total. The van der Waals surface area contributed by atoms with Crippen LogP contribution in [0.4, 0.5) is 0 Å². The third-order valence-electron chi connectivity index (χ3n) is 3.35. The van der Waals surface area contributed by atoms with Crippen LogP contribution in [0.25, 0.3) is 0 Å². The van der Waals surface area contributed by atoms with E-state index in [0.717, 1.165) is 11.1 Å². The van der Waals surface area contributed by atoms with E-state index in [-0.39, 0.29) is 58.4 Å². The third-order valence-corrected chi connectivity index (χ3v) is 3.35. The molecule has 0 saturated carbocycles. The Morgan fingerprint density at radius 2 is 0.562 bits per heavy atom. The summed E-state index contributed by atoms with van der Waals surface area (Å²) in [6.07, 6.45) is 0. The van der Waals surface area contributed by atoms with Gasteiger partial charge in [-0.15, -0.1) is 24.3 Å². The van der Waals surface area contributed by atoms with Gasteiger partial charge in [-0.2, -0.15) is 104 Å². The fourth-order valence-electron chi connectivity index (χ4n) is 1.92. The first-order chi connectivity index (χ1) is 14.3. The molecule has 0 unspecified atom stereocenters. The molecule has 0 heterocycles. The Hall–Kier alpha value is -1.90. The molecule has 0 aliphatic carbocycles. The van der Waals surface area contributed by atoms with Gasteiger partial charge < -0.3 is 0 Å². The molecule has 3 heteroatoms. The van der Waals surface area contributed by atoms with E-state index in [1.165, 1.54) is 0 Å². The van der Waals surface area contributed by atoms with Crippen LogP contribution in [0.2, 0.25) is 0 Å². The number of rotatable bonds is 0. The van der Waals surface area contributed by atoms with Crippen molar-refractivity contribution in [3.05, 3.63) is 177 Å². The van der Waals surface area contributed by atoms with E-state index in [2.05, 4.69) is 13.8 Å². The zero-order valence-corrected chi connectivity index (χ0v) is 22.8. The Labute approximate surface area is 233 Å². The van der Waals surface area contributed by atoms with E-state index in [1.807, 2.05) is 152 Å². The van der Waals surface area contributed by atoms with E-state index in [0.29, 0.717) is 0 Å². The van der Waals surface area contributed by atoms with Crippen LogP contribution in [-0.4, -0.2) is 0 Å². The Bertz CT molecular complexity index is 697. The van der Waals surface area contributed by atoms with Crippen LogP contribution in [0.1, 0.15) is 11.1 Å². The Kier molecular flexibility index (Phi) is 29.4. The maximum atomic E-state index is 3.72. The van der Waals surface area contributed by atoms with Gasteiger partial charge in [-0.3, -0.25) is 0 Å². The predicted octanol–water partition coefficient (Wildman–Crippen LogP) is 7.95. The second-order valence-corrected chi connectivity index (χ2v) is 5.86. The third kappa shape index (κ3) is 24.4. The molecule has 5 aromatic carbocycles. The number of benzene rings is 2. The van der Waals surface area contributed by atoms with Crippen LogP contribution in [-0.2, 0) is 58.4 Å². The van der Waals surface area contributed by atoms with Gasteiger partial charge in [0.05, 0.1) is 0 Å². The van der Waals surface area contributed by atoms with E-state index < -0.39 is 0 Å². The molecule has 3 radical (unpaired) electrons. The Morgan fingerprint density at radius 1 is 0.344 bits per heavy atom. The van der Waals surface area contributed by atoms with Crippen molar-refractivity contribution in [3.8, 4) is 0 Å². The molecule has 0 saturated heterocycles. The summed E-state index contributed by atoms with van der Waals surface area (Å²) in [5, 5.41) is 0. The minimum Gasteiger partial charge on any atom is -0.214 e. The summed E-state index contributed by atoms with van der Waals surface area (Å²) in [5.41, 5.74) is 2.14. The molecule has 0 spiro atoms. The SMILES string of the molecule is [CH2-]c1ccccc1.[CH2-]c1ccccc1.[Rh].[Rh].[Rh].c1cc[cH-]c1.c1cc[cH-]c1.c1cc[cH-]c1. The van der Waals surface area contributed by atoms with E-state index in [9.17, 15) is 0 Å². The standard InChI is InChI=1S/2C7H7.3C5H5.3Rh/c2*1-7-5-3-2-4-6-7;3*1-2-4-5-3-1;;;/h2*2-6H,1H2;3*1-5H;;;/q5*-1;;;. The van der Waals surface area contributed by atoms with Gasteiger partial charge in [-0.1, -0.05) is 12.1 Å². The normalized spacial score (nSPS) is 7.50. The van der Waals surface area contributed by atoms with Crippen LogP contribution in [0.15, 0.2) is 152 Å². The average molecular weight is 686 g/mol. The first kappa shape index (κ1) is 34.7. The van der Waals surface area contributed by atoms with Gasteiger partial charge in [-0.25, -0.2) is 36.4 Å². The molecule has 0 aromatic heterocycles. The molecule has 0 aliphatic rings. The van der Waals surface area contributed by atoms with Crippen molar-refractivity contribution in [2.24, 2.45) is 0 Å². The molecule has 0 amide bonds. The van der Waals surface area contributed by atoms with Crippen LogP contribution in [0, 0.1) is 13.8 Å². The number of hydrogen-bond acceptors (Lipinski definition) is 0. The average Bonchev–Trinajstić information content (AvgIpc) is 3.58. The molecule has 0 aliphatic heterocycles. The van der Waals surface area contributed by atoms with Crippen LogP contribution >= 0.6 is 0 Å². The van der Waals surface area contributed by atoms with E-state index >= 15 is 0 Å². The summed E-state index contributed by atoms with van der Waals surface area (Å²) < 4.78 is 0. The van der Waals surface area contributed by atoms with E-state index in [1.54, 1.807) is 0 Å². The van der Waals surface area contributed by atoms with Gasteiger partial charge in [0.1, 0.15) is 0 Å². The molecule has 177 valence electrons. The fraction of sp³-hybridized carbons (Fsp3) is 0. The minimum atomic E-state index is 0. The van der Waals surface area contributed by atoms with Crippen molar-refractivity contribution in [3.63, 3.8) is 0 Å². The molecule has 0 bridgehead atoms. The quantitative estimate of drug-likeness (QED) is 0.115. The van der Waals surface area contributed by atoms with Crippen molar-refractivity contribution in [2.45, 2.75) is 0 Å². The molecule has 5 aromatic rings.